The van der Waals surface area contributed by atoms with Crippen molar-refractivity contribution in [1.29, 1.82) is 0 Å². The summed E-state index contributed by atoms with van der Waals surface area (Å²) in [5, 5.41) is 6.77. The Morgan fingerprint density at radius 3 is 2.93 bits per heavy atom. The van der Waals surface area contributed by atoms with E-state index in [-0.39, 0.29) is 12.2 Å². The molecule has 7 nitrogen and oxygen atoms in total. The first kappa shape index (κ1) is 22.4. The molecule has 1 saturated heterocycles. The van der Waals surface area contributed by atoms with Gasteiger partial charge in [-0.2, -0.15) is 0 Å². The molecule has 0 spiro atoms. The van der Waals surface area contributed by atoms with Gasteiger partial charge in [0.15, 0.2) is 5.96 Å². The molecule has 7 heteroatoms. The van der Waals surface area contributed by atoms with Gasteiger partial charge in [0.2, 0.25) is 0 Å². The summed E-state index contributed by atoms with van der Waals surface area (Å²) in [5.41, 5.74) is 1.18. The predicted octanol–water partition coefficient (Wildman–Crippen LogP) is 2.42. The Morgan fingerprint density at radius 2 is 2.25 bits per heavy atom. The molecule has 28 heavy (non-hydrogen) atoms. The highest BCUT2D eigenvalue weighted by Gasteiger charge is 2.18. The van der Waals surface area contributed by atoms with E-state index >= 15 is 0 Å². The Morgan fingerprint density at radius 1 is 1.43 bits per heavy atom. The van der Waals surface area contributed by atoms with Gasteiger partial charge in [0.05, 0.1) is 18.8 Å². The maximum atomic E-state index is 5.81. The fourth-order valence-electron chi connectivity index (χ4n) is 3.33. The third-order valence-corrected chi connectivity index (χ3v) is 4.90. The quantitative estimate of drug-likeness (QED) is 0.498. The van der Waals surface area contributed by atoms with Crippen molar-refractivity contribution in [1.82, 2.24) is 15.6 Å². The fourth-order valence-corrected chi connectivity index (χ4v) is 3.33. The molecule has 0 aliphatic carbocycles. The van der Waals surface area contributed by atoms with E-state index in [1.165, 1.54) is 5.56 Å². The number of hydrogen-bond acceptors (Lipinski definition) is 5. The lowest BCUT2D eigenvalue weighted by Crippen LogP contribution is -2.41. The molecule has 2 heterocycles. The number of aromatic nitrogens is 1. The molecule has 0 aromatic carbocycles. The lowest BCUT2D eigenvalue weighted by Gasteiger charge is -2.32. The Bertz CT molecular complexity index is 608. The van der Waals surface area contributed by atoms with Crippen molar-refractivity contribution in [2.24, 2.45) is 10.9 Å². The van der Waals surface area contributed by atoms with Crippen LogP contribution in [0.3, 0.4) is 0 Å². The van der Waals surface area contributed by atoms with Gasteiger partial charge in [0, 0.05) is 46.0 Å². The third kappa shape index (κ3) is 7.28. The summed E-state index contributed by atoms with van der Waals surface area (Å²) in [7, 11) is 1.80. The second-order valence-corrected chi connectivity index (χ2v) is 7.53. The Kier molecular flexibility index (Phi) is 9.50. The van der Waals surface area contributed by atoms with Crippen molar-refractivity contribution in [3.05, 3.63) is 23.9 Å². The summed E-state index contributed by atoms with van der Waals surface area (Å²) in [6.45, 7) is 13.3. The molecule has 2 unspecified atom stereocenters. The maximum Gasteiger partial charge on any atom is 0.191 e. The van der Waals surface area contributed by atoms with E-state index in [1.807, 2.05) is 19.2 Å². The van der Waals surface area contributed by atoms with Crippen LogP contribution < -0.4 is 15.5 Å². The van der Waals surface area contributed by atoms with Gasteiger partial charge in [0.25, 0.3) is 0 Å². The van der Waals surface area contributed by atoms with Crippen molar-refractivity contribution in [2.45, 2.75) is 52.9 Å². The number of nitrogens with zero attached hydrogens (tertiary/aromatic N) is 3. The molecule has 0 bridgehead atoms. The molecule has 2 atom stereocenters. The third-order valence-electron chi connectivity index (χ3n) is 4.90. The summed E-state index contributed by atoms with van der Waals surface area (Å²) in [4.78, 5) is 11.1. The number of anilines is 1. The van der Waals surface area contributed by atoms with Gasteiger partial charge in [-0.25, -0.2) is 4.98 Å². The topological polar surface area (TPSA) is 71.0 Å². The van der Waals surface area contributed by atoms with E-state index in [4.69, 9.17) is 9.47 Å². The van der Waals surface area contributed by atoms with Gasteiger partial charge in [-0.3, -0.25) is 4.99 Å². The van der Waals surface area contributed by atoms with Crippen molar-refractivity contribution in [3.63, 3.8) is 0 Å². The number of guanidine groups is 1. The van der Waals surface area contributed by atoms with Gasteiger partial charge in [-0.15, -0.1) is 0 Å². The first-order chi connectivity index (χ1) is 13.5. The zero-order chi connectivity index (χ0) is 20.4. The van der Waals surface area contributed by atoms with Crippen LogP contribution in [0.2, 0.25) is 0 Å². The first-order valence-electron chi connectivity index (χ1n) is 10.4. The van der Waals surface area contributed by atoms with Crippen LogP contribution in [0.4, 0.5) is 5.82 Å². The van der Waals surface area contributed by atoms with Crippen LogP contribution in [0.5, 0.6) is 0 Å². The maximum absolute atomic E-state index is 5.81. The molecule has 2 N–H and O–H groups in total. The number of morpholine rings is 1. The van der Waals surface area contributed by atoms with Crippen LogP contribution in [-0.4, -0.2) is 63.0 Å². The van der Waals surface area contributed by atoms with E-state index in [0.29, 0.717) is 12.5 Å². The van der Waals surface area contributed by atoms with Crippen LogP contribution in [0.15, 0.2) is 23.3 Å². The molecule has 0 amide bonds. The van der Waals surface area contributed by atoms with Gasteiger partial charge >= 0.3 is 0 Å². The van der Waals surface area contributed by atoms with E-state index in [9.17, 15) is 0 Å². The lowest BCUT2D eigenvalue weighted by atomic mass is 10.0. The number of nitrogens with one attached hydrogen (secondary N) is 2. The molecular weight excluding hydrogens is 354 g/mol. The van der Waals surface area contributed by atoms with Crippen molar-refractivity contribution in [3.8, 4) is 0 Å². The minimum atomic E-state index is 0.242. The highest BCUT2D eigenvalue weighted by Crippen LogP contribution is 2.16. The molecule has 1 aliphatic heterocycles. The Balaban J connectivity index is 1.82. The number of aliphatic imine (C=N–C) groups is 1. The standard InChI is InChI=1S/C21H37N5O2/c1-6-27-19(16(2)3)8-10-24-21(22-5)25-14-18-7-9-23-20(13-18)26-11-12-28-17(4)15-26/h7,9,13,16-17,19H,6,8,10-12,14-15H2,1-5H3,(H2,22,24,25). The molecule has 1 aromatic rings. The predicted molar refractivity (Wildman–Crippen MR) is 115 cm³/mol. The summed E-state index contributed by atoms with van der Waals surface area (Å²) >= 11 is 0. The molecule has 0 radical (unpaired) electrons. The number of rotatable bonds is 9. The van der Waals surface area contributed by atoms with Crippen molar-refractivity contribution in [2.75, 3.05) is 44.8 Å². The van der Waals surface area contributed by atoms with Gasteiger partial charge in [-0.1, -0.05) is 13.8 Å². The lowest BCUT2D eigenvalue weighted by molar-refractivity contribution is 0.0258. The molecule has 1 fully saturated rings. The molecule has 2 rings (SSSR count). The van der Waals surface area contributed by atoms with Crippen LogP contribution >= 0.6 is 0 Å². The smallest absolute Gasteiger partial charge is 0.191 e. The second-order valence-electron chi connectivity index (χ2n) is 7.53. The Labute approximate surface area is 169 Å². The summed E-state index contributed by atoms with van der Waals surface area (Å²) in [6, 6.07) is 4.18. The average molecular weight is 392 g/mol. The largest absolute Gasteiger partial charge is 0.378 e. The van der Waals surface area contributed by atoms with Gasteiger partial charge < -0.3 is 25.0 Å². The van der Waals surface area contributed by atoms with Crippen LogP contribution in [0.1, 0.15) is 39.7 Å². The van der Waals surface area contributed by atoms with Gasteiger partial charge in [-0.05, 0) is 43.9 Å². The first-order valence-corrected chi connectivity index (χ1v) is 10.4. The SMILES string of the molecule is CCOC(CCNC(=NC)NCc1ccnc(N2CCOC(C)C2)c1)C(C)C. The molecule has 1 aromatic heterocycles. The molecule has 0 saturated carbocycles. The molecular formula is C21H37N5O2. The minimum absolute atomic E-state index is 0.242. The van der Waals surface area contributed by atoms with Crippen LogP contribution in [-0.2, 0) is 16.0 Å². The van der Waals surface area contributed by atoms with E-state index in [0.717, 1.165) is 51.0 Å². The second kappa shape index (κ2) is 11.9. The molecule has 1 aliphatic rings. The number of pyridine rings is 1. The van der Waals surface area contributed by atoms with Crippen LogP contribution in [0, 0.1) is 5.92 Å². The highest BCUT2D eigenvalue weighted by molar-refractivity contribution is 5.79. The summed E-state index contributed by atoms with van der Waals surface area (Å²) < 4.78 is 11.4. The minimum Gasteiger partial charge on any atom is -0.378 e. The van der Waals surface area contributed by atoms with Crippen molar-refractivity contribution >= 4 is 11.8 Å². The highest BCUT2D eigenvalue weighted by atomic mass is 16.5. The van der Waals surface area contributed by atoms with E-state index in [2.05, 4.69) is 52.3 Å². The average Bonchev–Trinajstić information content (AvgIpc) is 2.69. The summed E-state index contributed by atoms with van der Waals surface area (Å²) in [6.07, 6.45) is 3.35. The normalized spacial score (nSPS) is 19.0. The summed E-state index contributed by atoms with van der Waals surface area (Å²) in [5.74, 6) is 2.32. The number of hydrogen-bond donors (Lipinski definition) is 2. The molecule has 158 valence electrons. The van der Waals surface area contributed by atoms with Crippen LogP contribution in [0.25, 0.3) is 0 Å². The monoisotopic (exact) mass is 391 g/mol. The van der Waals surface area contributed by atoms with E-state index < -0.39 is 0 Å². The van der Waals surface area contributed by atoms with E-state index in [1.54, 1.807) is 7.05 Å². The van der Waals surface area contributed by atoms with Crippen molar-refractivity contribution < 1.29 is 9.47 Å². The fraction of sp³-hybridized carbons (Fsp3) is 0.714. The Hall–Kier alpha value is -1.86. The zero-order valence-electron chi connectivity index (χ0n) is 18.1. The number of ether oxygens (including phenoxy) is 2. The van der Waals surface area contributed by atoms with Gasteiger partial charge in [0.1, 0.15) is 5.82 Å². The zero-order valence-corrected chi connectivity index (χ0v) is 18.1.